The molecule has 0 saturated carbocycles. The number of hydrogen-bond acceptors (Lipinski definition) is 3. The van der Waals surface area contributed by atoms with Crippen LogP contribution in [0.3, 0.4) is 0 Å². The van der Waals surface area contributed by atoms with Gasteiger partial charge in [0.15, 0.2) is 5.75 Å². The van der Waals surface area contributed by atoms with Crippen molar-refractivity contribution in [1.82, 2.24) is 10.6 Å². The van der Waals surface area contributed by atoms with Crippen molar-refractivity contribution in [2.75, 3.05) is 20.2 Å². The summed E-state index contributed by atoms with van der Waals surface area (Å²) in [4.78, 5) is 24.6. The van der Waals surface area contributed by atoms with Crippen LogP contribution < -0.4 is 15.4 Å². The van der Waals surface area contributed by atoms with Crippen molar-refractivity contribution in [3.63, 3.8) is 0 Å². The van der Waals surface area contributed by atoms with Crippen LogP contribution in [0.15, 0.2) is 36.4 Å². The third-order valence-electron chi connectivity index (χ3n) is 4.20. The van der Waals surface area contributed by atoms with Gasteiger partial charge in [0.1, 0.15) is 5.56 Å². The van der Waals surface area contributed by atoms with E-state index >= 15 is 0 Å². The number of amides is 2. The van der Waals surface area contributed by atoms with Crippen LogP contribution in [0.2, 0.25) is 10.0 Å². The number of methoxy groups -OCH3 is 1. The quantitative estimate of drug-likeness (QED) is 0.675. The fourth-order valence-corrected chi connectivity index (χ4v) is 3.08. The van der Waals surface area contributed by atoms with Crippen LogP contribution in [0, 0.1) is 0 Å². The highest BCUT2D eigenvalue weighted by atomic mass is 35.5. The van der Waals surface area contributed by atoms with Crippen LogP contribution in [0.1, 0.15) is 47.1 Å². The second kappa shape index (κ2) is 9.30. The molecule has 2 rings (SSSR count). The molecule has 0 spiro atoms. The normalized spacial score (nSPS) is 11.1. The van der Waals surface area contributed by atoms with Gasteiger partial charge in [-0.25, -0.2) is 0 Å². The van der Waals surface area contributed by atoms with Gasteiger partial charge in [0, 0.05) is 18.7 Å². The Morgan fingerprint density at radius 1 is 0.893 bits per heavy atom. The van der Waals surface area contributed by atoms with Gasteiger partial charge >= 0.3 is 0 Å². The zero-order valence-corrected chi connectivity index (χ0v) is 17.9. The van der Waals surface area contributed by atoms with Crippen molar-refractivity contribution in [3.05, 3.63) is 63.1 Å². The van der Waals surface area contributed by atoms with Crippen molar-refractivity contribution in [2.24, 2.45) is 0 Å². The number of halogens is 2. The van der Waals surface area contributed by atoms with Crippen molar-refractivity contribution >= 4 is 35.0 Å². The number of rotatable bonds is 6. The van der Waals surface area contributed by atoms with Gasteiger partial charge in [-0.15, -0.1) is 0 Å². The van der Waals surface area contributed by atoms with Gasteiger partial charge in [0.25, 0.3) is 11.8 Å². The van der Waals surface area contributed by atoms with Crippen molar-refractivity contribution < 1.29 is 14.3 Å². The highest BCUT2D eigenvalue weighted by molar-refractivity contribution is 6.37. The monoisotopic (exact) mass is 422 g/mol. The molecule has 28 heavy (non-hydrogen) atoms. The van der Waals surface area contributed by atoms with E-state index in [9.17, 15) is 9.59 Å². The lowest BCUT2D eigenvalue weighted by molar-refractivity contribution is 0.0926. The van der Waals surface area contributed by atoms with Gasteiger partial charge in [-0.2, -0.15) is 0 Å². The molecule has 0 aliphatic carbocycles. The molecule has 150 valence electrons. The van der Waals surface area contributed by atoms with Crippen LogP contribution in [0.4, 0.5) is 0 Å². The van der Waals surface area contributed by atoms with E-state index in [2.05, 4.69) is 31.4 Å². The predicted octanol–water partition coefficient (Wildman–Crippen LogP) is 4.46. The van der Waals surface area contributed by atoms with Gasteiger partial charge < -0.3 is 15.4 Å². The lowest BCUT2D eigenvalue weighted by Crippen LogP contribution is -2.35. The standard InChI is InChI=1S/C21H24Cl2N2O3/c1-21(2,3)14-7-5-13(6-8-14)19(26)24-11-12-25-20(27)17-15(22)9-10-16(23)18(17)28-4/h5-10H,11-12H2,1-4H3,(H,24,26)(H,25,27). The smallest absolute Gasteiger partial charge is 0.256 e. The fraction of sp³-hybridized carbons (Fsp3) is 0.333. The molecular formula is C21H24Cl2N2O3. The molecule has 2 amide bonds. The Bertz CT molecular complexity index is 859. The molecule has 0 saturated heterocycles. The second-order valence-electron chi connectivity index (χ2n) is 7.28. The molecular weight excluding hydrogens is 399 g/mol. The van der Waals surface area contributed by atoms with Gasteiger partial charge in [-0.1, -0.05) is 56.1 Å². The molecule has 7 heteroatoms. The van der Waals surface area contributed by atoms with E-state index in [0.717, 1.165) is 5.56 Å². The van der Waals surface area contributed by atoms with Gasteiger partial charge in [0.05, 0.1) is 17.2 Å². The highest BCUT2D eigenvalue weighted by Crippen LogP contribution is 2.33. The summed E-state index contributed by atoms with van der Waals surface area (Å²) in [5.74, 6) is -0.407. The van der Waals surface area contributed by atoms with E-state index in [4.69, 9.17) is 27.9 Å². The lowest BCUT2D eigenvalue weighted by Gasteiger charge is -2.19. The SMILES string of the molecule is COc1c(Cl)ccc(Cl)c1C(=O)NCCNC(=O)c1ccc(C(C)(C)C)cc1. The van der Waals surface area contributed by atoms with Crippen LogP contribution in [0.5, 0.6) is 5.75 Å². The van der Waals surface area contributed by atoms with E-state index < -0.39 is 5.91 Å². The average molecular weight is 423 g/mol. The summed E-state index contributed by atoms with van der Waals surface area (Å²) in [6.45, 7) is 6.85. The predicted molar refractivity (Wildman–Crippen MR) is 113 cm³/mol. The molecule has 0 aromatic heterocycles. The third-order valence-corrected chi connectivity index (χ3v) is 4.81. The molecule has 0 bridgehead atoms. The summed E-state index contributed by atoms with van der Waals surface area (Å²) < 4.78 is 5.17. The number of benzene rings is 2. The van der Waals surface area contributed by atoms with Crippen LogP contribution in [-0.4, -0.2) is 32.0 Å². The maximum atomic E-state index is 12.4. The van der Waals surface area contributed by atoms with Crippen LogP contribution in [-0.2, 0) is 5.41 Å². The second-order valence-corrected chi connectivity index (χ2v) is 8.09. The summed E-state index contributed by atoms with van der Waals surface area (Å²) in [5, 5.41) is 6.01. The summed E-state index contributed by atoms with van der Waals surface area (Å²) in [5.41, 5.74) is 1.92. The molecule has 2 aromatic rings. The van der Waals surface area contributed by atoms with Gasteiger partial charge in [-0.05, 0) is 35.2 Å². The van der Waals surface area contributed by atoms with Crippen molar-refractivity contribution in [1.29, 1.82) is 0 Å². The van der Waals surface area contributed by atoms with Crippen molar-refractivity contribution in [3.8, 4) is 5.75 Å². The first-order valence-corrected chi connectivity index (χ1v) is 9.59. The Hall–Kier alpha value is -2.24. The molecule has 0 aliphatic rings. The third kappa shape index (κ3) is 5.40. The van der Waals surface area contributed by atoms with Crippen LogP contribution in [0.25, 0.3) is 0 Å². The number of carbonyl (C=O) groups is 2. The molecule has 0 heterocycles. The molecule has 2 aromatic carbocycles. The molecule has 0 fully saturated rings. The van der Waals surface area contributed by atoms with Crippen LogP contribution >= 0.6 is 23.2 Å². The number of hydrogen-bond donors (Lipinski definition) is 2. The number of nitrogens with one attached hydrogen (secondary N) is 2. The fourth-order valence-electron chi connectivity index (χ4n) is 2.61. The van der Waals surface area contributed by atoms with E-state index in [0.29, 0.717) is 10.6 Å². The zero-order chi connectivity index (χ0) is 20.9. The Labute approximate surface area is 175 Å². The summed E-state index contributed by atoms with van der Waals surface area (Å²) >= 11 is 12.1. The minimum absolute atomic E-state index is 0.0297. The minimum Gasteiger partial charge on any atom is -0.494 e. The minimum atomic E-state index is -0.423. The summed E-state index contributed by atoms with van der Waals surface area (Å²) in [6, 6.07) is 10.6. The first-order valence-electron chi connectivity index (χ1n) is 8.84. The topological polar surface area (TPSA) is 67.4 Å². The van der Waals surface area contributed by atoms with Gasteiger partial charge in [-0.3, -0.25) is 9.59 Å². The van der Waals surface area contributed by atoms with Crippen molar-refractivity contribution in [2.45, 2.75) is 26.2 Å². The average Bonchev–Trinajstić information content (AvgIpc) is 2.65. The maximum Gasteiger partial charge on any atom is 0.256 e. The summed E-state index contributed by atoms with van der Waals surface area (Å²) in [6.07, 6.45) is 0. The van der Waals surface area contributed by atoms with Gasteiger partial charge in [0.2, 0.25) is 0 Å². The molecule has 5 nitrogen and oxygen atoms in total. The molecule has 0 radical (unpaired) electrons. The Kier molecular flexibility index (Phi) is 7.33. The summed E-state index contributed by atoms with van der Waals surface area (Å²) in [7, 11) is 1.42. The first-order chi connectivity index (χ1) is 13.1. The number of carbonyl (C=O) groups excluding carboxylic acids is 2. The molecule has 0 aliphatic heterocycles. The maximum absolute atomic E-state index is 12.4. The Morgan fingerprint density at radius 3 is 1.96 bits per heavy atom. The molecule has 2 N–H and O–H groups in total. The van der Waals surface area contributed by atoms with E-state index in [1.54, 1.807) is 18.2 Å². The van der Waals surface area contributed by atoms with E-state index in [1.165, 1.54) is 13.2 Å². The largest absolute Gasteiger partial charge is 0.494 e. The first kappa shape index (κ1) is 22.1. The lowest BCUT2D eigenvalue weighted by atomic mass is 9.87. The Balaban J connectivity index is 1.90. The number of ether oxygens (including phenoxy) is 1. The zero-order valence-electron chi connectivity index (χ0n) is 16.4. The molecule has 0 unspecified atom stereocenters. The van der Waals surface area contributed by atoms with E-state index in [-0.39, 0.29) is 40.7 Å². The highest BCUT2D eigenvalue weighted by Gasteiger charge is 2.19. The van der Waals surface area contributed by atoms with E-state index in [1.807, 2.05) is 12.1 Å². The molecule has 0 atom stereocenters. The Morgan fingerprint density at radius 2 is 1.43 bits per heavy atom.